The number of amides is 1. The number of nitrogens with one attached hydrogen (secondary N) is 1. The van der Waals surface area contributed by atoms with Crippen molar-refractivity contribution in [3.05, 3.63) is 62.8 Å². The topological polar surface area (TPSA) is 95.6 Å². The molecule has 0 aliphatic carbocycles. The summed E-state index contributed by atoms with van der Waals surface area (Å²) in [4.78, 5) is 41.3. The zero-order valence-corrected chi connectivity index (χ0v) is 17.7. The smallest absolute Gasteiger partial charge is 0.361 e. The van der Waals surface area contributed by atoms with E-state index in [9.17, 15) is 31.9 Å². The standard InChI is InChI=1S/C21H22F4N4O4/c1-2-14-12-15(26-27-18(14)30)10-13-4-5-17(22)16(11-13)19(31)28-6-3-7-29(9-8-28)33-20(32)21(23,24)25/h4-5,11-12H,2-3,6-10H2,1H3,(H,27,30). The number of halogens is 4. The maximum atomic E-state index is 14.5. The van der Waals surface area contributed by atoms with Crippen LogP contribution in [-0.4, -0.2) is 64.4 Å². The summed E-state index contributed by atoms with van der Waals surface area (Å²) >= 11 is 0. The number of nitrogens with zero attached hydrogens (tertiary/aromatic N) is 3. The van der Waals surface area contributed by atoms with Gasteiger partial charge in [0.1, 0.15) is 5.82 Å². The van der Waals surface area contributed by atoms with Gasteiger partial charge in [-0.2, -0.15) is 18.3 Å². The van der Waals surface area contributed by atoms with Crippen molar-refractivity contribution in [2.45, 2.75) is 32.4 Å². The van der Waals surface area contributed by atoms with Crippen LogP contribution in [0.2, 0.25) is 0 Å². The molecule has 1 fully saturated rings. The normalized spacial score (nSPS) is 15.2. The van der Waals surface area contributed by atoms with Crippen LogP contribution in [0.5, 0.6) is 0 Å². The van der Waals surface area contributed by atoms with E-state index in [-0.39, 0.29) is 50.1 Å². The van der Waals surface area contributed by atoms with Crippen LogP contribution in [0.1, 0.15) is 40.5 Å². The van der Waals surface area contributed by atoms with Crippen LogP contribution < -0.4 is 5.56 Å². The van der Waals surface area contributed by atoms with Crippen LogP contribution in [0.4, 0.5) is 17.6 Å². The highest BCUT2D eigenvalue weighted by atomic mass is 19.4. The predicted molar refractivity (Wildman–Crippen MR) is 108 cm³/mol. The third kappa shape index (κ3) is 6.15. The molecule has 1 aliphatic rings. The van der Waals surface area contributed by atoms with Crippen LogP contribution >= 0.6 is 0 Å². The molecule has 0 radical (unpaired) electrons. The van der Waals surface area contributed by atoms with Crippen molar-refractivity contribution in [1.29, 1.82) is 0 Å². The summed E-state index contributed by atoms with van der Waals surface area (Å²) in [6, 6.07) is 5.70. The van der Waals surface area contributed by atoms with Crippen LogP contribution in [0, 0.1) is 5.82 Å². The van der Waals surface area contributed by atoms with E-state index in [0.717, 1.165) is 11.1 Å². The minimum atomic E-state index is -5.12. The first-order chi connectivity index (χ1) is 15.6. The van der Waals surface area contributed by atoms with Crippen molar-refractivity contribution < 1.29 is 32.0 Å². The molecule has 0 spiro atoms. The molecule has 1 aromatic carbocycles. The molecule has 12 heteroatoms. The van der Waals surface area contributed by atoms with E-state index in [1.165, 1.54) is 17.0 Å². The quantitative estimate of drug-likeness (QED) is 0.674. The van der Waals surface area contributed by atoms with Crippen molar-refractivity contribution in [3.8, 4) is 0 Å². The lowest BCUT2D eigenvalue weighted by molar-refractivity contribution is -0.237. The Morgan fingerprint density at radius 2 is 1.91 bits per heavy atom. The number of aryl methyl sites for hydroxylation is 1. The molecule has 1 N–H and O–H groups in total. The first-order valence-corrected chi connectivity index (χ1v) is 10.3. The average molecular weight is 470 g/mol. The Hall–Kier alpha value is -3.28. The highest BCUT2D eigenvalue weighted by Gasteiger charge is 2.42. The molecule has 2 heterocycles. The van der Waals surface area contributed by atoms with E-state index >= 15 is 0 Å². The second kappa shape index (κ2) is 10.1. The number of hydrogen-bond donors (Lipinski definition) is 1. The van der Waals surface area contributed by atoms with Gasteiger partial charge in [-0.15, -0.1) is 5.06 Å². The molecule has 8 nitrogen and oxygen atoms in total. The largest absolute Gasteiger partial charge is 0.492 e. The lowest BCUT2D eigenvalue weighted by atomic mass is 10.0. The van der Waals surface area contributed by atoms with Gasteiger partial charge < -0.3 is 9.74 Å². The minimum Gasteiger partial charge on any atom is -0.361 e. The van der Waals surface area contributed by atoms with E-state index in [2.05, 4.69) is 15.0 Å². The Kier molecular flexibility index (Phi) is 7.46. The van der Waals surface area contributed by atoms with Gasteiger partial charge in [-0.25, -0.2) is 14.3 Å². The molecule has 1 aliphatic heterocycles. The van der Waals surface area contributed by atoms with Crippen molar-refractivity contribution in [3.63, 3.8) is 0 Å². The fourth-order valence-corrected chi connectivity index (χ4v) is 3.43. The molecule has 1 aromatic heterocycles. The number of aromatic amines is 1. The van der Waals surface area contributed by atoms with Gasteiger partial charge in [0.2, 0.25) is 0 Å². The van der Waals surface area contributed by atoms with Crippen molar-refractivity contribution in [2.75, 3.05) is 26.2 Å². The molecule has 0 atom stereocenters. The molecular formula is C21H22F4N4O4. The van der Waals surface area contributed by atoms with Crippen LogP contribution in [0.25, 0.3) is 0 Å². The number of benzene rings is 1. The fraction of sp³-hybridized carbons (Fsp3) is 0.429. The monoisotopic (exact) mass is 470 g/mol. The number of carbonyl (C=O) groups excluding carboxylic acids is 2. The predicted octanol–water partition coefficient (Wildman–Crippen LogP) is 2.23. The highest BCUT2D eigenvalue weighted by molar-refractivity contribution is 5.94. The summed E-state index contributed by atoms with van der Waals surface area (Å²) in [7, 11) is 0. The molecule has 1 saturated heterocycles. The van der Waals surface area contributed by atoms with Gasteiger partial charge in [-0.3, -0.25) is 9.59 Å². The number of hydroxylamine groups is 2. The van der Waals surface area contributed by atoms with Crippen molar-refractivity contribution in [2.24, 2.45) is 0 Å². The summed E-state index contributed by atoms with van der Waals surface area (Å²) in [5.74, 6) is -3.69. The van der Waals surface area contributed by atoms with Crippen LogP contribution in [0.15, 0.2) is 29.1 Å². The first-order valence-electron chi connectivity index (χ1n) is 10.3. The Bertz CT molecular complexity index is 1090. The second-order valence-electron chi connectivity index (χ2n) is 7.51. The van der Waals surface area contributed by atoms with E-state index < -0.39 is 23.9 Å². The van der Waals surface area contributed by atoms with Crippen molar-refractivity contribution in [1.82, 2.24) is 20.2 Å². The molecular weight excluding hydrogens is 448 g/mol. The van der Waals surface area contributed by atoms with Gasteiger partial charge in [0.05, 0.1) is 17.8 Å². The molecule has 3 rings (SSSR count). The summed E-state index contributed by atoms with van der Waals surface area (Å²) in [6.07, 6.45) is -4.11. The van der Waals surface area contributed by atoms with E-state index in [1.54, 1.807) is 6.07 Å². The van der Waals surface area contributed by atoms with Gasteiger partial charge >= 0.3 is 12.1 Å². The van der Waals surface area contributed by atoms with Crippen LogP contribution in [0.3, 0.4) is 0 Å². The number of carbonyl (C=O) groups is 2. The molecule has 33 heavy (non-hydrogen) atoms. The SMILES string of the molecule is CCc1cc(Cc2ccc(F)c(C(=O)N3CCCN(OC(=O)C(F)(F)F)CC3)c2)n[nH]c1=O. The maximum absolute atomic E-state index is 14.5. The van der Waals surface area contributed by atoms with Gasteiger partial charge in [0.15, 0.2) is 0 Å². The maximum Gasteiger partial charge on any atom is 0.492 e. The fourth-order valence-electron chi connectivity index (χ4n) is 3.43. The summed E-state index contributed by atoms with van der Waals surface area (Å²) in [6.45, 7) is 1.80. The summed E-state index contributed by atoms with van der Waals surface area (Å²) in [5.41, 5.74) is 1.23. The summed E-state index contributed by atoms with van der Waals surface area (Å²) in [5, 5.41) is 7.24. The Labute approximate surface area is 186 Å². The van der Waals surface area contributed by atoms with E-state index in [1.807, 2.05) is 6.92 Å². The molecule has 0 saturated carbocycles. The van der Waals surface area contributed by atoms with Crippen molar-refractivity contribution >= 4 is 11.9 Å². The highest BCUT2D eigenvalue weighted by Crippen LogP contribution is 2.20. The van der Waals surface area contributed by atoms with Gasteiger partial charge in [-0.1, -0.05) is 13.0 Å². The number of hydrogen-bond acceptors (Lipinski definition) is 6. The third-order valence-corrected chi connectivity index (χ3v) is 5.15. The van der Waals surface area contributed by atoms with Gasteiger partial charge in [0.25, 0.3) is 11.5 Å². The molecule has 0 unspecified atom stereocenters. The first kappa shape index (κ1) is 24.4. The molecule has 1 amide bonds. The zero-order chi connectivity index (χ0) is 24.2. The second-order valence-corrected chi connectivity index (χ2v) is 7.51. The lowest BCUT2D eigenvalue weighted by Crippen LogP contribution is -2.38. The Balaban J connectivity index is 1.71. The van der Waals surface area contributed by atoms with E-state index in [4.69, 9.17) is 0 Å². The average Bonchev–Trinajstić information content (AvgIpc) is 3.01. The zero-order valence-electron chi connectivity index (χ0n) is 17.7. The lowest BCUT2D eigenvalue weighted by Gasteiger charge is -2.22. The summed E-state index contributed by atoms with van der Waals surface area (Å²) < 4.78 is 51.7. The van der Waals surface area contributed by atoms with Crippen LogP contribution in [-0.2, 0) is 22.5 Å². The van der Waals surface area contributed by atoms with Gasteiger partial charge in [-0.05, 0) is 36.6 Å². The molecule has 2 aromatic rings. The van der Waals surface area contributed by atoms with E-state index in [0.29, 0.717) is 23.2 Å². The Morgan fingerprint density at radius 3 is 2.61 bits per heavy atom. The number of rotatable bonds is 5. The van der Waals surface area contributed by atoms with Gasteiger partial charge in [0, 0.05) is 31.6 Å². The third-order valence-electron chi connectivity index (χ3n) is 5.15. The minimum absolute atomic E-state index is 0.00572. The number of aromatic nitrogens is 2. The Morgan fingerprint density at radius 1 is 1.15 bits per heavy atom. The number of alkyl halides is 3. The number of H-pyrrole nitrogens is 1. The molecule has 178 valence electrons. The molecule has 0 bridgehead atoms.